The lowest BCUT2D eigenvalue weighted by atomic mass is 9.97. The fourth-order valence-electron chi connectivity index (χ4n) is 12.0. The number of nitrogen functional groups attached to an aromatic ring is 1. The van der Waals surface area contributed by atoms with Crippen molar-refractivity contribution in [3.8, 4) is 5.75 Å². The topological polar surface area (TPSA) is 471 Å². The molecule has 0 atom stereocenters. The van der Waals surface area contributed by atoms with Crippen LogP contribution in [0.3, 0.4) is 0 Å². The number of carbonyl (C=O) groups excluding carboxylic acids is 2. The Morgan fingerprint density at radius 2 is 0.597 bits per heavy atom. The molecule has 13 rings (SSSR count). The van der Waals surface area contributed by atoms with Gasteiger partial charge in [-0.05, 0) is 182 Å². The number of Topliss-reactive ketones (excluding diaryl/α,β-unsaturated/α-hetero) is 2. The van der Waals surface area contributed by atoms with Crippen molar-refractivity contribution < 1.29 is 123 Å². The molecule has 0 saturated heterocycles. The number of aliphatic hydroxyl groups is 1. The monoisotopic (exact) mass is 2370 g/mol. The maximum atomic E-state index is 13.2. The molecule has 6 heterocycles. The summed E-state index contributed by atoms with van der Waals surface area (Å²) in [7, 11) is -26.6. The van der Waals surface area contributed by atoms with Crippen molar-refractivity contribution in [3.05, 3.63) is 155 Å². The van der Waals surface area contributed by atoms with Crippen LogP contribution in [0.5, 0.6) is 5.75 Å². The minimum absolute atomic E-state index is 0.00522. The van der Waals surface area contributed by atoms with Gasteiger partial charge in [-0.2, -0.15) is 21.6 Å². The maximum absolute atomic E-state index is 13.2. The van der Waals surface area contributed by atoms with Gasteiger partial charge < -0.3 is 42.4 Å². The van der Waals surface area contributed by atoms with Crippen molar-refractivity contribution in [2.45, 2.75) is 322 Å². The number of phenols is 1. The number of carbonyl (C=O) groups is 2. The summed E-state index contributed by atoms with van der Waals surface area (Å²) in [4.78, 5) is 49.7. The number of ketones is 2. The molecule has 30 nitrogen and oxygen atoms in total. The largest absolute Gasteiger partial charge is 0.523 e. The van der Waals surface area contributed by atoms with Crippen LogP contribution in [0.25, 0.3) is 66.6 Å². The highest BCUT2D eigenvalue weighted by Crippen LogP contribution is 2.49. The number of sulfone groups is 5. The standard InChI is InChI=1S/C16H19ClF3NO6S2.C16H20ClNO4S.C16H20ClNO2S.C15H19ClFNO3S.C15H20ClNO4S.C11H12ClNOS.C10H13ClFNO3S/c1-14(2,3)13-21-10-7-6-9(17)12(11(10)27-13)28(22,23)15(4,5)8-26-29(24,25)16(18,19)20;1-9(19)16(5,6)23(20,21)13-10(17)7-8-11-12(13)22-14(18-11)15(2,3)4;1-9(19)16(5,6)21-13-10(17)7-8-11-12(13)20-14(18-11)15(2,3)4;1-14(2,3)13-18-10-7-6-9(16)12(11(10)21-13)22(19,20)15(4,5)8-17;1-14(2,3)13-17-10-7-6-9(16)12(11(10)21-13)22(19,20)15(4,5)8-18;1-11(2,3)10-13-7-5-4-6(12)9(15)8(7)14-10;1-10(2,5-12)17(15,16)9-6(11)3-4-7(13)8(9)14/h6-7H,8H2,1-5H3;7-8H,1-6H3;7-8H,1-6H3;6-7H,8H2,1-5H3;6-7,18H,8H2,1-5H3;4-5,15H,1-3H3;3-4,14H,5,13H2,1-2H3. The predicted octanol–water partition coefficient (Wildman–Crippen LogP) is 27.2. The van der Waals surface area contributed by atoms with Crippen molar-refractivity contribution in [1.82, 2.24) is 29.9 Å². The second-order valence-corrected chi connectivity index (χ2v) is 63.2. The lowest BCUT2D eigenvalue weighted by Gasteiger charge is -2.25. The number of halogens is 12. The third-order valence-electron chi connectivity index (χ3n) is 22.6. The summed E-state index contributed by atoms with van der Waals surface area (Å²) in [6.45, 7) is 50.2. The zero-order valence-corrected chi connectivity index (χ0v) is 99.9. The summed E-state index contributed by atoms with van der Waals surface area (Å²) < 4.78 is 243. The second-order valence-electron chi connectivity index (χ2n) is 44.2. The van der Waals surface area contributed by atoms with E-state index in [2.05, 4.69) is 67.5 Å². The molecular weight excluding hydrogens is 2250 g/mol. The minimum atomic E-state index is -5.97. The van der Waals surface area contributed by atoms with Crippen LogP contribution in [-0.2, 0) is 106 Å². The van der Waals surface area contributed by atoms with Gasteiger partial charge in [0.1, 0.15) is 81.5 Å². The van der Waals surface area contributed by atoms with Crippen molar-refractivity contribution in [2.75, 3.05) is 32.3 Å². The summed E-state index contributed by atoms with van der Waals surface area (Å²) in [5.74, 6) is 1.82. The van der Waals surface area contributed by atoms with Gasteiger partial charge in [-0.1, -0.05) is 206 Å². The molecule has 13 aromatic rings. The number of phenolic OH excluding ortho intramolecular Hbond substituents is 1. The van der Waals surface area contributed by atoms with Crippen molar-refractivity contribution in [1.29, 1.82) is 0 Å². The van der Waals surface area contributed by atoms with Crippen LogP contribution in [0.4, 0.5) is 27.6 Å². The number of hydrogen-bond donors (Lipinski definition) is 4. The number of anilines is 1. The molecule has 6 aromatic heterocycles. The number of aromatic nitrogens is 6. The molecule has 0 aliphatic heterocycles. The van der Waals surface area contributed by atoms with E-state index in [4.69, 9.17) is 113 Å². The second kappa shape index (κ2) is 44.9. The molecule has 0 aliphatic carbocycles. The van der Waals surface area contributed by atoms with E-state index in [-0.39, 0.29) is 112 Å². The van der Waals surface area contributed by atoms with Gasteiger partial charge in [0.05, 0.1) is 87.6 Å². The Bertz CT molecular complexity index is 7880. The minimum Gasteiger partial charge on any atom is -0.504 e. The third-order valence-corrected chi connectivity index (χ3v) is 41.1. The summed E-state index contributed by atoms with van der Waals surface area (Å²) in [5.41, 5.74) is 2.05. The van der Waals surface area contributed by atoms with Gasteiger partial charge in [-0.15, -0.1) is 24.4 Å². The molecule has 0 saturated carbocycles. The Kier molecular flexibility index (Phi) is 38.6. The Balaban J connectivity index is 0.000000237. The summed E-state index contributed by atoms with van der Waals surface area (Å²) in [6.07, 6.45) is 0. The number of fused-ring (bicyclic) bond motifs is 6. The number of aromatic hydroxyl groups is 1. The van der Waals surface area contributed by atoms with Crippen LogP contribution in [-0.4, -0.2) is 163 Å². The fraction of sp³-hybridized carbons (Fsp3) is 0.495. The van der Waals surface area contributed by atoms with Crippen LogP contribution >= 0.6 is 106 Å². The van der Waals surface area contributed by atoms with Gasteiger partial charge >= 0.3 is 15.6 Å². The van der Waals surface area contributed by atoms with Gasteiger partial charge in [-0.25, -0.2) is 80.8 Å². The Morgan fingerprint density at radius 3 is 0.879 bits per heavy atom. The normalized spacial score (nSPS) is 13.5. The van der Waals surface area contributed by atoms with Crippen LogP contribution < -0.4 is 5.73 Å². The van der Waals surface area contributed by atoms with Crippen LogP contribution in [0.2, 0.25) is 35.2 Å². The molecule has 0 radical (unpaired) electrons. The molecule has 4 N–H and O–H groups in total. The number of rotatable bonds is 20. The van der Waals surface area contributed by atoms with Crippen LogP contribution in [0, 0.1) is 0 Å². The first-order valence-corrected chi connectivity index (χ1v) is 57.9. The lowest BCUT2D eigenvalue weighted by Crippen LogP contribution is -2.40. The van der Waals surface area contributed by atoms with Gasteiger partial charge in [-0.3, -0.25) is 13.8 Å². The van der Waals surface area contributed by atoms with E-state index in [0.29, 0.717) is 72.1 Å². The number of thioether (sulfide) groups is 1. The summed E-state index contributed by atoms with van der Waals surface area (Å²) in [5, 5.41) is 19.9. The molecule has 0 bridgehead atoms. The molecule has 149 heavy (non-hydrogen) atoms. The quantitative estimate of drug-likeness (QED) is 0.0105. The lowest BCUT2D eigenvalue weighted by molar-refractivity contribution is -0.119. The number of oxazole rings is 6. The SMILES string of the molecule is CC(=O)C(C)(C)S(=O)(=O)c1c(Cl)ccc2nc(C(C)(C)C)oc12.CC(=O)C(C)(C)Sc1c(Cl)ccc2nc(C(C)(C)C)oc12.CC(C)(C)c1nc2ccc(Cl)c(S(=O)(=O)C(C)(C)CF)c2o1.CC(C)(C)c1nc2ccc(Cl)c(S(=O)(=O)C(C)(C)CO)c2o1.CC(C)(C)c1nc2ccc(Cl)c(S(=O)(=O)C(C)(C)COS(=O)(=O)C(F)(F)F)c2o1.CC(C)(C)c1nc2ccc(Cl)c(S)c2o1.CC(C)(CF)S(=O)(=O)c1c(Cl)ccc(N)c1O. The van der Waals surface area contributed by atoms with Gasteiger partial charge in [0.25, 0.3) is 0 Å². The van der Waals surface area contributed by atoms with E-state index in [9.17, 15) is 92.3 Å². The van der Waals surface area contributed by atoms with E-state index < -0.39 is 147 Å². The first-order chi connectivity index (χ1) is 67.0. The van der Waals surface area contributed by atoms with Crippen molar-refractivity contribution >= 4 is 249 Å². The highest BCUT2D eigenvalue weighted by molar-refractivity contribution is 8.01. The molecule has 0 aliphatic rings. The number of nitrogens with two attached hydrogens (primary N) is 1. The van der Waals surface area contributed by atoms with E-state index in [1.54, 1.807) is 58.0 Å². The van der Waals surface area contributed by atoms with E-state index in [1.165, 1.54) is 117 Å². The number of aliphatic hydroxyl groups excluding tert-OH is 1. The maximum Gasteiger partial charge on any atom is 0.523 e. The average Bonchev–Trinajstić information content (AvgIpc) is 1.62. The first kappa shape index (κ1) is 128. The predicted molar refractivity (Wildman–Crippen MR) is 579 cm³/mol. The average molecular weight is 2380 g/mol. The highest BCUT2D eigenvalue weighted by Gasteiger charge is 2.52. The molecule has 824 valence electrons. The van der Waals surface area contributed by atoms with E-state index >= 15 is 0 Å². The summed E-state index contributed by atoms with van der Waals surface area (Å²) in [6, 6.07) is 21.7. The van der Waals surface area contributed by atoms with Gasteiger partial charge in [0.2, 0.25) is 35.3 Å². The number of thiol groups is 1. The zero-order valence-electron chi connectivity index (χ0n) is 88.0. The van der Waals surface area contributed by atoms with Crippen molar-refractivity contribution in [2.24, 2.45) is 0 Å². The zero-order chi connectivity index (χ0) is 115. The Labute approximate surface area is 909 Å². The van der Waals surface area contributed by atoms with Gasteiger partial charge in [0, 0.05) is 32.5 Å². The molecular formula is C99H123Cl7F5N7O23S8. The van der Waals surface area contributed by atoms with E-state index in [1.807, 2.05) is 109 Å². The third kappa shape index (κ3) is 27.5. The first-order valence-electron chi connectivity index (χ1n) is 45.2. The van der Waals surface area contributed by atoms with Crippen molar-refractivity contribution in [3.63, 3.8) is 0 Å². The Hall–Kier alpha value is -7.70. The number of benzene rings is 7. The summed E-state index contributed by atoms with van der Waals surface area (Å²) >= 11 is 48.2. The molecule has 0 unspecified atom stereocenters. The molecule has 7 aromatic carbocycles. The number of hydrogen-bond acceptors (Lipinski definition) is 32. The molecule has 50 heteroatoms. The van der Waals surface area contributed by atoms with E-state index in [0.717, 1.165) is 29.8 Å². The molecule has 0 spiro atoms. The highest BCUT2D eigenvalue weighted by atomic mass is 35.5. The molecule has 0 fully saturated rings. The van der Waals surface area contributed by atoms with Crippen LogP contribution in [0.1, 0.15) is 257 Å². The number of alkyl halides is 5. The molecule has 0 amide bonds. The smallest absolute Gasteiger partial charge is 0.504 e. The fourth-order valence-corrected chi connectivity index (χ4v) is 23.9. The van der Waals surface area contributed by atoms with Gasteiger partial charge in [0.15, 0.2) is 94.2 Å². The number of nitrogens with zero attached hydrogens (tertiary/aromatic N) is 6. The Morgan fingerprint density at radius 1 is 0.356 bits per heavy atom. The van der Waals surface area contributed by atoms with Crippen LogP contribution in [0.15, 0.2) is 146 Å².